The van der Waals surface area contributed by atoms with E-state index < -0.39 is 16.1 Å². The van der Waals surface area contributed by atoms with E-state index in [1.807, 2.05) is 0 Å². The fraction of sp³-hybridized carbons (Fsp3) is 0.800. The molecule has 72 valence electrons. The molecule has 0 aliphatic rings. The maximum Gasteiger partial charge on any atom is 0.409 e. The fourth-order valence-electron chi connectivity index (χ4n) is 0.440. The molecule has 1 N–H and O–H groups in total. The Bertz CT molecular complexity index is 159. The van der Waals surface area contributed by atoms with Gasteiger partial charge in [-0.15, -0.1) is 0 Å². The van der Waals surface area contributed by atoms with Crippen molar-refractivity contribution in [2.24, 2.45) is 0 Å². The number of carbonyl (C=O) groups is 1. The quantitative estimate of drug-likeness (QED) is 0.586. The third-order valence-electron chi connectivity index (χ3n) is 0.967. The summed E-state index contributed by atoms with van der Waals surface area (Å²) in [7, 11) is 2.49. The molecule has 1 amide bonds. The monoisotopic (exact) mass is 235 g/mol. The molecular formula is C5H8Cl3NO3. The molecule has 0 aliphatic carbocycles. The van der Waals surface area contributed by atoms with E-state index in [0.717, 1.165) is 0 Å². The summed E-state index contributed by atoms with van der Waals surface area (Å²) in [5.41, 5.74) is 0. The summed E-state index contributed by atoms with van der Waals surface area (Å²) in [4.78, 5) is 10.6. The van der Waals surface area contributed by atoms with Crippen LogP contribution in [0.15, 0.2) is 0 Å². The smallest absolute Gasteiger partial charge is 0.409 e. The molecular weight excluding hydrogens is 228 g/mol. The number of amides is 1. The molecule has 7 heteroatoms. The number of carbonyl (C=O) groups excluding carboxylic acids is 1. The van der Waals surface area contributed by atoms with Crippen LogP contribution in [-0.4, -0.2) is 30.3 Å². The number of hydrogen-bond acceptors (Lipinski definition) is 3. The van der Waals surface area contributed by atoms with Crippen LogP contribution >= 0.6 is 34.8 Å². The number of methoxy groups -OCH3 is 2. The van der Waals surface area contributed by atoms with Crippen molar-refractivity contribution in [3.05, 3.63) is 0 Å². The largest absolute Gasteiger partial charge is 0.453 e. The van der Waals surface area contributed by atoms with Crippen molar-refractivity contribution >= 4 is 40.9 Å². The molecule has 12 heavy (non-hydrogen) atoms. The van der Waals surface area contributed by atoms with Crippen LogP contribution in [0.5, 0.6) is 0 Å². The molecule has 0 bridgehead atoms. The molecule has 0 aliphatic heterocycles. The van der Waals surface area contributed by atoms with Gasteiger partial charge < -0.3 is 9.47 Å². The van der Waals surface area contributed by atoms with Crippen molar-refractivity contribution in [3.8, 4) is 0 Å². The van der Waals surface area contributed by atoms with Crippen LogP contribution in [0.1, 0.15) is 0 Å². The number of rotatable bonds is 2. The zero-order valence-electron chi connectivity index (χ0n) is 6.44. The van der Waals surface area contributed by atoms with Gasteiger partial charge in [0.05, 0.1) is 7.11 Å². The van der Waals surface area contributed by atoms with Gasteiger partial charge in [0.25, 0.3) is 0 Å². The average molecular weight is 236 g/mol. The normalized spacial score (nSPS) is 13.8. The van der Waals surface area contributed by atoms with Gasteiger partial charge in [0.1, 0.15) is 0 Å². The number of halogens is 3. The Balaban J connectivity index is 4.09. The predicted molar refractivity (Wildman–Crippen MR) is 46.6 cm³/mol. The summed E-state index contributed by atoms with van der Waals surface area (Å²) < 4.78 is 7.23. The van der Waals surface area contributed by atoms with Gasteiger partial charge in [-0.2, -0.15) is 0 Å². The van der Waals surface area contributed by atoms with Gasteiger partial charge in [-0.25, -0.2) is 4.79 Å². The van der Waals surface area contributed by atoms with Gasteiger partial charge in [0, 0.05) is 7.11 Å². The minimum atomic E-state index is -1.72. The van der Waals surface area contributed by atoms with E-state index >= 15 is 0 Å². The number of hydrogen-bond donors (Lipinski definition) is 1. The molecule has 0 fully saturated rings. The van der Waals surface area contributed by atoms with Gasteiger partial charge in [0.15, 0.2) is 6.23 Å². The van der Waals surface area contributed by atoms with Crippen molar-refractivity contribution in [2.75, 3.05) is 14.2 Å². The lowest BCUT2D eigenvalue weighted by molar-refractivity contribution is 0.0698. The topological polar surface area (TPSA) is 47.6 Å². The Morgan fingerprint density at radius 2 is 1.92 bits per heavy atom. The summed E-state index contributed by atoms with van der Waals surface area (Å²) in [5.74, 6) is 0. The molecule has 0 aromatic carbocycles. The zero-order chi connectivity index (χ0) is 9.78. The van der Waals surface area contributed by atoms with E-state index in [4.69, 9.17) is 34.8 Å². The van der Waals surface area contributed by atoms with Crippen LogP contribution in [0.4, 0.5) is 4.79 Å². The highest BCUT2D eigenvalue weighted by Gasteiger charge is 2.34. The van der Waals surface area contributed by atoms with Crippen molar-refractivity contribution in [3.63, 3.8) is 0 Å². The molecule has 0 aromatic rings. The van der Waals surface area contributed by atoms with Gasteiger partial charge in [-0.05, 0) is 0 Å². The Morgan fingerprint density at radius 3 is 2.17 bits per heavy atom. The van der Waals surface area contributed by atoms with Crippen LogP contribution in [-0.2, 0) is 9.47 Å². The molecule has 4 nitrogen and oxygen atoms in total. The summed E-state index contributed by atoms with van der Waals surface area (Å²) in [5, 5.41) is 2.18. The highest BCUT2D eigenvalue weighted by atomic mass is 35.6. The van der Waals surface area contributed by atoms with Crippen LogP contribution < -0.4 is 5.32 Å². The van der Waals surface area contributed by atoms with Gasteiger partial charge in [-0.3, -0.25) is 5.32 Å². The van der Waals surface area contributed by atoms with Gasteiger partial charge in [0.2, 0.25) is 3.79 Å². The molecule has 0 spiro atoms. The molecule has 0 aromatic heterocycles. The summed E-state index contributed by atoms with van der Waals surface area (Å²) in [6.07, 6.45) is -1.76. The minimum absolute atomic E-state index is 0.729. The molecule has 0 rings (SSSR count). The predicted octanol–water partition coefficient (Wildman–Crippen LogP) is 1.69. The first-order valence-electron chi connectivity index (χ1n) is 2.85. The van der Waals surface area contributed by atoms with Crippen LogP contribution in [0.3, 0.4) is 0 Å². The highest BCUT2D eigenvalue weighted by Crippen LogP contribution is 2.30. The maximum absolute atomic E-state index is 10.6. The summed E-state index contributed by atoms with van der Waals surface area (Å²) >= 11 is 16.3. The highest BCUT2D eigenvalue weighted by molar-refractivity contribution is 6.68. The first kappa shape index (κ1) is 12.1. The molecule has 0 radical (unpaired) electrons. The average Bonchev–Trinajstić information content (AvgIpc) is 1.97. The van der Waals surface area contributed by atoms with Crippen molar-refractivity contribution in [1.82, 2.24) is 5.32 Å². The molecule has 0 unspecified atom stereocenters. The lowest BCUT2D eigenvalue weighted by Crippen LogP contribution is -2.44. The Labute approximate surface area is 85.0 Å². The van der Waals surface area contributed by atoms with E-state index in [1.54, 1.807) is 0 Å². The third kappa shape index (κ3) is 4.21. The van der Waals surface area contributed by atoms with E-state index in [1.165, 1.54) is 14.2 Å². The molecule has 0 heterocycles. The number of alkyl halides is 3. The van der Waals surface area contributed by atoms with Gasteiger partial charge in [-0.1, -0.05) is 34.8 Å². The summed E-state index contributed by atoms with van der Waals surface area (Å²) in [6.45, 7) is 0. The fourth-order valence-corrected chi connectivity index (χ4v) is 0.871. The Hall–Kier alpha value is 0.1000. The van der Waals surface area contributed by atoms with Crippen molar-refractivity contribution < 1.29 is 14.3 Å². The first-order chi connectivity index (χ1) is 5.41. The standard InChI is InChI=1S/C5H8Cl3NO3/c1-11-3(5(6,7)8)9-4(10)12-2/h3H,1-2H3,(H,9,10)/t3-/m0/s1. The number of ether oxygens (including phenoxy) is 2. The lowest BCUT2D eigenvalue weighted by Gasteiger charge is -2.22. The second-order valence-corrected chi connectivity index (χ2v) is 4.16. The van der Waals surface area contributed by atoms with Crippen LogP contribution in [0, 0.1) is 0 Å². The Morgan fingerprint density at radius 1 is 1.42 bits per heavy atom. The molecule has 0 saturated carbocycles. The minimum Gasteiger partial charge on any atom is -0.453 e. The van der Waals surface area contributed by atoms with Crippen molar-refractivity contribution in [2.45, 2.75) is 10.0 Å². The van der Waals surface area contributed by atoms with Crippen LogP contribution in [0.2, 0.25) is 0 Å². The van der Waals surface area contributed by atoms with E-state index in [0.29, 0.717) is 0 Å². The van der Waals surface area contributed by atoms with Crippen LogP contribution in [0.25, 0.3) is 0 Å². The Kier molecular flexibility index (Phi) is 5.01. The SMILES string of the molecule is COC(=O)N[C@@H](OC)C(Cl)(Cl)Cl. The van der Waals surface area contributed by atoms with Gasteiger partial charge >= 0.3 is 6.09 Å². The van der Waals surface area contributed by atoms with E-state index in [2.05, 4.69) is 14.8 Å². The third-order valence-corrected chi connectivity index (χ3v) is 1.56. The molecule has 0 saturated heterocycles. The second kappa shape index (κ2) is 4.97. The summed E-state index contributed by atoms with van der Waals surface area (Å²) in [6, 6.07) is 0. The maximum atomic E-state index is 10.6. The van der Waals surface area contributed by atoms with E-state index in [-0.39, 0.29) is 0 Å². The lowest BCUT2D eigenvalue weighted by atomic mass is 10.6. The number of nitrogens with one attached hydrogen (secondary N) is 1. The number of alkyl carbamates (subject to hydrolysis) is 1. The zero-order valence-corrected chi connectivity index (χ0v) is 8.70. The first-order valence-corrected chi connectivity index (χ1v) is 3.99. The molecule has 1 atom stereocenters. The van der Waals surface area contributed by atoms with Crippen molar-refractivity contribution in [1.29, 1.82) is 0 Å². The van der Waals surface area contributed by atoms with E-state index in [9.17, 15) is 4.79 Å². The second-order valence-electron chi connectivity index (χ2n) is 1.79.